The normalized spacial score (nSPS) is 26.9. The van der Waals surface area contributed by atoms with E-state index in [4.69, 9.17) is 0 Å². The molecule has 3 unspecified atom stereocenters. The highest BCUT2D eigenvalue weighted by Gasteiger charge is 2.31. The molecule has 1 heterocycles. The van der Waals surface area contributed by atoms with Crippen LogP contribution in [-0.2, 0) is 0 Å². The summed E-state index contributed by atoms with van der Waals surface area (Å²) in [5.41, 5.74) is 1.20. The molecule has 0 bridgehead atoms. The summed E-state index contributed by atoms with van der Waals surface area (Å²) >= 11 is 0. The predicted molar refractivity (Wildman–Crippen MR) is 83.6 cm³/mol. The minimum Gasteiger partial charge on any atom is -0.316 e. The molecule has 1 aliphatic carbocycles. The van der Waals surface area contributed by atoms with Gasteiger partial charge in [-0.05, 0) is 43.7 Å². The molecule has 0 aromatic carbocycles. The number of aromatic nitrogens is 2. The van der Waals surface area contributed by atoms with Gasteiger partial charge in [-0.15, -0.1) is 0 Å². The van der Waals surface area contributed by atoms with Crippen LogP contribution in [0.25, 0.3) is 0 Å². The molecular weight excluding hydrogens is 246 g/mol. The second kappa shape index (κ2) is 7.72. The topological polar surface area (TPSA) is 37.8 Å². The first-order valence-corrected chi connectivity index (χ1v) is 8.17. The Hall–Kier alpha value is -0.960. The van der Waals surface area contributed by atoms with Gasteiger partial charge in [0.15, 0.2) is 0 Å². The zero-order valence-electron chi connectivity index (χ0n) is 13.2. The van der Waals surface area contributed by atoms with E-state index >= 15 is 0 Å². The molecule has 3 atom stereocenters. The fourth-order valence-electron chi connectivity index (χ4n) is 3.36. The fraction of sp³-hybridized carbons (Fsp3) is 0.765. The van der Waals surface area contributed by atoms with Gasteiger partial charge in [-0.3, -0.25) is 9.97 Å². The molecule has 0 saturated heterocycles. The summed E-state index contributed by atoms with van der Waals surface area (Å²) < 4.78 is 0. The van der Waals surface area contributed by atoms with Crippen LogP contribution in [0.5, 0.6) is 0 Å². The summed E-state index contributed by atoms with van der Waals surface area (Å²) in [5.74, 6) is 2.88. The van der Waals surface area contributed by atoms with Crippen LogP contribution in [0.2, 0.25) is 0 Å². The zero-order chi connectivity index (χ0) is 14.4. The van der Waals surface area contributed by atoms with E-state index in [0.717, 1.165) is 24.9 Å². The average Bonchev–Trinajstić information content (AvgIpc) is 2.48. The Bertz CT molecular complexity index is 377. The molecule has 1 aromatic rings. The van der Waals surface area contributed by atoms with Crippen LogP contribution in [0.3, 0.4) is 0 Å². The lowest BCUT2D eigenvalue weighted by Gasteiger charge is -2.35. The van der Waals surface area contributed by atoms with E-state index in [9.17, 15) is 0 Å². The van der Waals surface area contributed by atoms with Crippen molar-refractivity contribution in [2.75, 3.05) is 13.1 Å². The molecule has 1 N–H and O–H groups in total. The van der Waals surface area contributed by atoms with Crippen molar-refractivity contribution < 1.29 is 0 Å². The SMILES string of the molecule is CCC1CCC(CNCC(C)C)C(c2cnccn2)C1. The summed E-state index contributed by atoms with van der Waals surface area (Å²) in [4.78, 5) is 8.85. The van der Waals surface area contributed by atoms with E-state index in [1.165, 1.54) is 31.4 Å². The first kappa shape index (κ1) is 15.4. The van der Waals surface area contributed by atoms with Gasteiger partial charge in [-0.25, -0.2) is 0 Å². The third kappa shape index (κ3) is 4.27. The molecule has 0 spiro atoms. The standard InChI is InChI=1S/C17H29N3/c1-4-14-5-6-15(11-19-10-13(2)3)16(9-14)17-12-18-7-8-20-17/h7-8,12-16,19H,4-6,9-11H2,1-3H3. The molecule has 1 fully saturated rings. The predicted octanol–water partition coefficient (Wildman–Crippen LogP) is 3.63. The summed E-state index contributed by atoms with van der Waals surface area (Å²) in [6, 6.07) is 0. The van der Waals surface area contributed by atoms with E-state index in [1.54, 1.807) is 6.20 Å². The van der Waals surface area contributed by atoms with Crippen molar-refractivity contribution in [1.29, 1.82) is 0 Å². The highest BCUT2D eigenvalue weighted by Crippen LogP contribution is 2.40. The lowest BCUT2D eigenvalue weighted by Crippen LogP contribution is -2.33. The molecule has 1 aliphatic rings. The van der Waals surface area contributed by atoms with Crippen molar-refractivity contribution in [1.82, 2.24) is 15.3 Å². The zero-order valence-corrected chi connectivity index (χ0v) is 13.2. The smallest absolute Gasteiger partial charge is 0.0620 e. The molecule has 3 nitrogen and oxygen atoms in total. The second-order valence-corrected chi connectivity index (χ2v) is 6.64. The van der Waals surface area contributed by atoms with Gasteiger partial charge in [0.25, 0.3) is 0 Å². The Morgan fingerprint density at radius 3 is 2.80 bits per heavy atom. The quantitative estimate of drug-likeness (QED) is 0.861. The third-order valence-electron chi connectivity index (χ3n) is 4.60. The Kier molecular flexibility index (Phi) is 5.96. The number of hydrogen-bond acceptors (Lipinski definition) is 3. The van der Waals surface area contributed by atoms with Crippen molar-refractivity contribution >= 4 is 0 Å². The maximum absolute atomic E-state index is 4.57. The van der Waals surface area contributed by atoms with E-state index < -0.39 is 0 Å². The van der Waals surface area contributed by atoms with Crippen LogP contribution in [0.4, 0.5) is 0 Å². The number of hydrogen-bond donors (Lipinski definition) is 1. The highest BCUT2D eigenvalue weighted by molar-refractivity contribution is 5.07. The third-order valence-corrected chi connectivity index (χ3v) is 4.60. The molecule has 2 rings (SSSR count). The second-order valence-electron chi connectivity index (χ2n) is 6.64. The maximum Gasteiger partial charge on any atom is 0.0620 e. The summed E-state index contributed by atoms with van der Waals surface area (Å²) in [7, 11) is 0. The van der Waals surface area contributed by atoms with Crippen LogP contribution in [0.1, 0.15) is 58.1 Å². The summed E-state index contributed by atoms with van der Waals surface area (Å²) in [5, 5.41) is 3.64. The van der Waals surface area contributed by atoms with Gasteiger partial charge in [0.05, 0.1) is 5.69 Å². The van der Waals surface area contributed by atoms with E-state index in [2.05, 4.69) is 36.1 Å². The molecule has 20 heavy (non-hydrogen) atoms. The molecule has 1 aromatic heterocycles. The van der Waals surface area contributed by atoms with Crippen molar-refractivity contribution in [3.05, 3.63) is 24.3 Å². The lowest BCUT2D eigenvalue weighted by atomic mass is 9.72. The van der Waals surface area contributed by atoms with Gasteiger partial charge in [0.2, 0.25) is 0 Å². The molecule has 0 amide bonds. The van der Waals surface area contributed by atoms with Gasteiger partial charge in [-0.1, -0.05) is 33.6 Å². The Labute approximate surface area is 123 Å². The van der Waals surface area contributed by atoms with E-state index in [0.29, 0.717) is 11.8 Å². The van der Waals surface area contributed by atoms with Crippen molar-refractivity contribution in [2.24, 2.45) is 17.8 Å². The highest BCUT2D eigenvalue weighted by atomic mass is 14.9. The first-order chi connectivity index (χ1) is 9.70. The van der Waals surface area contributed by atoms with Crippen LogP contribution in [0.15, 0.2) is 18.6 Å². The summed E-state index contributed by atoms with van der Waals surface area (Å²) in [6.45, 7) is 9.08. The molecule has 3 heteroatoms. The number of nitrogens with one attached hydrogen (secondary N) is 1. The molecule has 1 saturated carbocycles. The Balaban J connectivity index is 2.00. The molecule has 0 radical (unpaired) electrons. The minimum atomic E-state index is 0.585. The van der Waals surface area contributed by atoms with Gasteiger partial charge < -0.3 is 5.32 Å². The van der Waals surface area contributed by atoms with Crippen LogP contribution < -0.4 is 5.32 Å². The molecular formula is C17H29N3. The van der Waals surface area contributed by atoms with Crippen molar-refractivity contribution in [2.45, 2.75) is 52.4 Å². The number of rotatable bonds is 6. The van der Waals surface area contributed by atoms with Crippen molar-refractivity contribution in [3.63, 3.8) is 0 Å². The Morgan fingerprint density at radius 1 is 1.30 bits per heavy atom. The number of nitrogens with zero attached hydrogens (tertiary/aromatic N) is 2. The summed E-state index contributed by atoms with van der Waals surface area (Å²) in [6.07, 6.45) is 10.9. The average molecular weight is 275 g/mol. The van der Waals surface area contributed by atoms with Crippen molar-refractivity contribution in [3.8, 4) is 0 Å². The molecule has 0 aliphatic heterocycles. The van der Waals surface area contributed by atoms with Gasteiger partial charge in [0, 0.05) is 24.5 Å². The van der Waals surface area contributed by atoms with Crippen LogP contribution in [-0.4, -0.2) is 23.1 Å². The van der Waals surface area contributed by atoms with Crippen LogP contribution >= 0.6 is 0 Å². The monoisotopic (exact) mass is 275 g/mol. The van der Waals surface area contributed by atoms with E-state index in [1.807, 2.05) is 12.4 Å². The first-order valence-electron chi connectivity index (χ1n) is 8.17. The van der Waals surface area contributed by atoms with E-state index in [-0.39, 0.29) is 0 Å². The van der Waals surface area contributed by atoms with Crippen LogP contribution in [0, 0.1) is 17.8 Å². The van der Waals surface area contributed by atoms with Gasteiger partial charge in [-0.2, -0.15) is 0 Å². The maximum atomic E-state index is 4.57. The lowest BCUT2D eigenvalue weighted by molar-refractivity contribution is 0.221. The fourth-order valence-corrected chi connectivity index (χ4v) is 3.36. The Morgan fingerprint density at radius 2 is 2.15 bits per heavy atom. The largest absolute Gasteiger partial charge is 0.316 e. The van der Waals surface area contributed by atoms with Gasteiger partial charge in [0.1, 0.15) is 0 Å². The minimum absolute atomic E-state index is 0.585. The molecule has 112 valence electrons. The van der Waals surface area contributed by atoms with Gasteiger partial charge >= 0.3 is 0 Å².